The fourth-order valence-electron chi connectivity index (χ4n) is 1.69. The van der Waals surface area contributed by atoms with Gasteiger partial charge in [0.25, 0.3) is 15.2 Å². The van der Waals surface area contributed by atoms with Gasteiger partial charge in [-0.25, -0.2) is 0 Å². The Bertz CT molecular complexity index is 619. The fourth-order valence-corrected chi connectivity index (χ4v) is 2.58. The smallest absolute Gasteiger partial charge is 0.297 e. The van der Waals surface area contributed by atoms with Crippen LogP contribution in [0.2, 0.25) is 0 Å². The first-order valence-electron chi connectivity index (χ1n) is 7.88. The molecule has 10 nitrogen and oxygen atoms in total. The Labute approximate surface area is 152 Å². The molecule has 0 radical (unpaired) electrons. The third-order valence-electron chi connectivity index (χ3n) is 2.94. The van der Waals surface area contributed by atoms with Gasteiger partial charge in [0.15, 0.2) is 0 Å². The molecule has 0 bridgehead atoms. The van der Waals surface area contributed by atoms with E-state index in [9.17, 15) is 18.5 Å². The van der Waals surface area contributed by atoms with Crippen molar-refractivity contribution in [2.75, 3.05) is 52.9 Å². The van der Waals surface area contributed by atoms with Crippen LogP contribution in [0, 0.1) is 17.0 Å². The van der Waals surface area contributed by atoms with E-state index in [0.717, 1.165) is 5.56 Å². The number of ether oxygens (including phenoxy) is 3. The van der Waals surface area contributed by atoms with Gasteiger partial charge in [-0.1, -0.05) is 17.7 Å². The summed E-state index contributed by atoms with van der Waals surface area (Å²) in [4.78, 5) is 14.0. The van der Waals surface area contributed by atoms with Gasteiger partial charge < -0.3 is 19.0 Å². The van der Waals surface area contributed by atoms with E-state index in [1.165, 1.54) is 12.1 Å². The molecule has 148 valence electrons. The normalized spacial score (nSPS) is 11.4. The number of rotatable bonds is 15. The van der Waals surface area contributed by atoms with Crippen LogP contribution in [0.1, 0.15) is 5.56 Å². The van der Waals surface area contributed by atoms with Gasteiger partial charge in [0.2, 0.25) is 0 Å². The fraction of sp³-hybridized carbons (Fsp3) is 0.600. The van der Waals surface area contributed by atoms with Gasteiger partial charge in [-0.15, -0.1) is 10.1 Å². The molecular formula is C15H23NO9S. The summed E-state index contributed by atoms with van der Waals surface area (Å²) in [6, 6.07) is 6.38. The lowest BCUT2D eigenvalue weighted by Gasteiger charge is -2.08. The first-order chi connectivity index (χ1) is 12.4. The zero-order valence-electron chi connectivity index (χ0n) is 14.5. The van der Waals surface area contributed by atoms with Gasteiger partial charge in [0.05, 0.1) is 51.1 Å². The second-order valence-electron chi connectivity index (χ2n) is 4.98. The maximum Gasteiger partial charge on any atom is 0.297 e. The number of nitrogens with zero attached hydrogens (tertiary/aromatic N) is 1. The van der Waals surface area contributed by atoms with Crippen molar-refractivity contribution in [3.8, 4) is 0 Å². The lowest BCUT2D eigenvalue weighted by atomic mass is 10.2. The summed E-state index contributed by atoms with van der Waals surface area (Å²) in [5.74, 6) is 0. The molecule has 1 aromatic carbocycles. The van der Waals surface area contributed by atoms with E-state index >= 15 is 0 Å². The molecule has 11 heteroatoms. The zero-order chi connectivity index (χ0) is 19.3. The Morgan fingerprint density at radius 3 is 1.81 bits per heavy atom. The van der Waals surface area contributed by atoms with Gasteiger partial charge in [-0.2, -0.15) is 8.42 Å². The van der Waals surface area contributed by atoms with E-state index in [2.05, 4.69) is 4.84 Å². The molecule has 0 aliphatic heterocycles. The standard InChI is InChI=1S/C15H23NO9S/c1-14-2-4-15(5-3-14)26(19,20)25-13-11-23-9-7-21-6-8-22-10-12-24-16(17)18/h2-5H,6-13H2,1H3. The highest BCUT2D eigenvalue weighted by atomic mass is 32.2. The molecule has 0 N–H and O–H groups in total. The van der Waals surface area contributed by atoms with Gasteiger partial charge in [-0.3, -0.25) is 4.18 Å². The molecule has 0 spiro atoms. The lowest BCUT2D eigenvalue weighted by Crippen LogP contribution is -2.15. The zero-order valence-corrected chi connectivity index (χ0v) is 15.3. The largest absolute Gasteiger partial charge is 0.377 e. The van der Waals surface area contributed by atoms with Crippen LogP contribution in [0.5, 0.6) is 0 Å². The summed E-state index contributed by atoms with van der Waals surface area (Å²) in [7, 11) is -3.78. The van der Waals surface area contributed by atoms with Crippen LogP contribution in [0.3, 0.4) is 0 Å². The molecule has 0 fully saturated rings. The van der Waals surface area contributed by atoms with E-state index in [4.69, 9.17) is 18.4 Å². The Hall–Kier alpha value is -1.79. The average molecular weight is 393 g/mol. The van der Waals surface area contributed by atoms with Crippen LogP contribution in [0.15, 0.2) is 29.2 Å². The monoisotopic (exact) mass is 393 g/mol. The molecule has 0 atom stereocenters. The molecule has 0 saturated heterocycles. The molecule has 1 rings (SSSR count). The number of hydrogen-bond donors (Lipinski definition) is 0. The summed E-state index contributed by atoms with van der Waals surface area (Å²) in [6.07, 6.45) is 0. The molecule has 26 heavy (non-hydrogen) atoms. The van der Waals surface area contributed by atoms with Crippen molar-refractivity contribution in [1.82, 2.24) is 0 Å². The maximum absolute atomic E-state index is 11.9. The molecule has 0 aromatic heterocycles. The first kappa shape index (κ1) is 22.3. The van der Waals surface area contributed by atoms with Crippen LogP contribution in [0.25, 0.3) is 0 Å². The Morgan fingerprint density at radius 1 is 0.846 bits per heavy atom. The topological polar surface area (TPSA) is 123 Å². The van der Waals surface area contributed by atoms with Crippen molar-refractivity contribution in [3.63, 3.8) is 0 Å². The Kier molecular flexibility index (Phi) is 10.7. The summed E-state index contributed by atoms with van der Waals surface area (Å²) < 4.78 is 44.1. The van der Waals surface area contributed by atoms with Crippen LogP contribution in [-0.4, -0.2) is 66.4 Å². The molecular weight excluding hydrogens is 370 g/mol. The summed E-state index contributed by atoms with van der Waals surface area (Å²) in [6.45, 7) is 3.04. The molecule has 1 aromatic rings. The average Bonchev–Trinajstić information content (AvgIpc) is 2.59. The molecule has 0 aliphatic rings. The minimum atomic E-state index is -3.78. The molecule has 0 saturated carbocycles. The van der Waals surface area contributed by atoms with E-state index in [1.54, 1.807) is 12.1 Å². The number of hydrogen-bond acceptors (Lipinski definition) is 9. The third-order valence-corrected chi connectivity index (χ3v) is 4.27. The highest BCUT2D eigenvalue weighted by Crippen LogP contribution is 2.12. The highest BCUT2D eigenvalue weighted by molar-refractivity contribution is 7.86. The second-order valence-corrected chi connectivity index (χ2v) is 6.60. The van der Waals surface area contributed by atoms with E-state index < -0.39 is 15.2 Å². The van der Waals surface area contributed by atoms with Crippen molar-refractivity contribution in [1.29, 1.82) is 0 Å². The van der Waals surface area contributed by atoms with Crippen LogP contribution in [-0.2, 0) is 33.3 Å². The molecule has 0 aliphatic carbocycles. The van der Waals surface area contributed by atoms with Crippen molar-refractivity contribution in [2.45, 2.75) is 11.8 Å². The first-order valence-corrected chi connectivity index (χ1v) is 9.29. The van der Waals surface area contributed by atoms with Crippen molar-refractivity contribution in [3.05, 3.63) is 39.9 Å². The minimum absolute atomic E-state index is 0.0875. The summed E-state index contributed by atoms with van der Waals surface area (Å²) in [5.41, 5.74) is 0.961. The van der Waals surface area contributed by atoms with Crippen molar-refractivity contribution in [2.24, 2.45) is 0 Å². The molecule has 0 amide bonds. The maximum atomic E-state index is 11.9. The summed E-state index contributed by atoms with van der Waals surface area (Å²) >= 11 is 0. The second kappa shape index (κ2) is 12.5. The van der Waals surface area contributed by atoms with Gasteiger partial charge in [-0.05, 0) is 19.1 Å². The Morgan fingerprint density at radius 2 is 1.31 bits per heavy atom. The Balaban J connectivity index is 1.96. The van der Waals surface area contributed by atoms with Crippen molar-refractivity contribution >= 4 is 10.1 Å². The van der Waals surface area contributed by atoms with Gasteiger partial charge in [0, 0.05) is 0 Å². The highest BCUT2D eigenvalue weighted by Gasteiger charge is 2.14. The summed E-state index contributed by atoms with van der Waals surface area (Å²) in [5, 5.41) is 8.99. The third kappa shape index (κ3) is 10.3. The van der Waals surface area contributed by atoms with Crippen LogP contribution >= 0.6 is 0 Å². The minimum Gasteiger partial charge on any atom is -0.377 e. The van der Waals surface area contributed by atoms with E-state index in [1.807, 2.05) is 6.92 Å². The quantitative estimate of drug-likeness (QED) is 0.185. The molecule has 0 heterocycles. The van der Waals surface area contributed by atoms with Crippen LogP contribution < -0.4 is 0 Å². The molecule has 0 unspecified atom stereocenters. The predicted octanol–water partition coefficient (Wildman–Crippen LogP) is 0.958. The van der Waals surface area contributed by atoms with Gasteiger partial charge >= 0.3 is 0 Å². The van der Waals surface area contributed by atoms with Crippen molar-refractivity contribution < 1.29 is 36.7 Å². The van der Waals surface area contributed by atoms with Gasteiger partial charge in [0.1, 0.15) is 6.61 Å². The van der Waals surface area contributed by atoms with E-state index in [-0.39, 0.29) is 44.5 Å². The lowest BCUT2D eigenvalue weighted by molar-refractivity contribution is -0.758. The van der Waals surface area contributed by atoms with E-state index in [0.29, 0.717) is 13.2 Å². The number of aryl methyl sites for hydroxylation is 1. The SMILES string of the molecule is Cc1ccc(S(=O)(=O)OCCOCCOCCOCCO[N+](=O)[O-])cc1. The number of benzene rings is 1. The van der Waals surface area contributed by atoms with Crippen LogP contribution in [0.4, 0.5) is 0 Å². The predicted molar refractivity (Wildman–Crippen MR) is 89.7 cm³/mol.